The van der Waals surface area contributed by atoms with Gasteiger partial charge >= 0.3 is 0 Å². The molecule has 1 amide bonds. The van der Waals surface area contributed by atoms with E-state index in [1.165, 1.54) is 0 Å². The lowest BCUT2D eigenvalue weighted by molar-refractivity contribution is -0.121. The summed E-state index contributed by atoms with van der Waals surface area (Å²) in [6.07, 6.45) is 4.56. The number of nitrogens with one attached hydrogen (secondary N) is 1. The fourth-order valence-electron chi connectivity index (χ4n) is 2.37. The lowest BCUT2D eigenvalue weighted by Gasteiger charge is -2.22. The molecule has 0 spiro atoms. The SMILES string of the molecule is CCCOc1cccc(NC(=O)C2(N)CCCC2)c1.Cl. The molecule has 1 aromatic carbocycles. The van der Waals surface area contributed by atoms with E-state index in [4.69, 9.17) is 10.5 Å². The fourth-order valence-corrected chi connectivity index (χ4v) is 2.37. The zero-order valence-corrected chi connectivity index (χ0v) is 12.7. The van der Waals surface area contributed by atoms with Crippen molar-refractivity contribution in [2.24, 2.45) is 5.73 Å². The number of halogens is 1. The van der Waals surface area contributed by atoms with Crippen molar-refractivity contribution in [2.45, 2.75) is 44.6 Å². The number of anilines is 1. The first-order valence-corrected chi connectivity index (χ1v) is 6.97. The van der Waals surface area contributed by atoms with Crippen LogP contribution in [0, 0.1) is 0 Å². The molecule has 0 unspecified atom stereocenters. The van der Waals surface area contributed by atoms with Crippen molar-refractivity contribution in [3.05, 3.63) is 24.3 Å². The number of benzene rings is 1. The van der Waals surface area contributed by atoms with Crippen LogP contribution < -0.4 is 15.8 Å². The third-order valence-corrected chi connectivity index (χ3v) is 3.51. The fraction of sp³-hybridized carbons (Fsp3) is 0.533. The number of carbonyl (C=O) groups is 1. The Morgan fingerprint density at radius 3 is 2.75 bits per heavy atom. The number of ether oxygens (including phenoxy) is 1. The van der Waals surface area contributed by atoms with Crippen LogP contribution in [-0.2, 0) is 4.79 Å². The van der Waals surface area contributed by atoms with Crippen molar-refractivity contribution >= 4 is 24.0 Å². The highest BCUT2D eigenvalue weighted by molar-refractivity contribution is 5.98. The van der Waals surface area contributed by atoms with Gasteiger partial charge in [-0.25, -0.2) is 0 Å². The zero-order chi connectivity index (χ0) is 13.7. The molecule has 4 nitrogen and oxygen atoms in total. The van der Waals surface area contributed by atoms with Gasteiger partial charge in [0.1, 0.15) is 5.75 Å². The Bertz CT molecular complexity index is 445. The molecule has 112 valence electrons. The van der Waals surface area contributed by atoms with Gasteiger partial charge in [0.2, 0.25) is 5.91 Å². The maximum atomic E-state index is 12.2. The van der Waals surface area contributed by atoms with Crippen molar-refractivity contribution < 1.29 is 9.53 Å². The summed E-state index contributed by atoms with van der Waals surface area (Å²) in [5.74, 6) is 0.690. The molecule has 20 heavy (non-hydrogen) atoms. The van der Waals surface area contributed by atoms with Gasteiger partial charge in [0, 0.05) is 11.8 Å². The van der Waals surface area contributed by atoms with Crippen LogP contribution in [0.15, 0.2) is 24.3 Å². The van der Waals surface area contributed by atoms with Gasteiger partial charge in [-0.1, -0.05) is 25.8 Å². The van der Waals surface area contributed by atoms with Gasteiger partial charge in [-0.15, -0.1) is 12.4 Å². The quantitative estimate of drug-likeness (QED) is 0.878. The van der Waals surface area contributed by atoms with Crippen LogP contribution in [0.4, 0.5) is 5.69 Å². The molecule has 0 heterocycles. The molecule has 0 saturated heterocycles. The molecule has 1 saturated carbocycles. The molecule has 1 aliphatic carbocycles. The highest BCUT2D eigenvalue weighted by atomic mass is 35.5. The van der Waals surface area contributed by atoms with E-state index in [1.54, 1.807) is 0 Å². The molecule has 0 aliphatic heterocycles. The average molecular weight is 299 g/mol. The Hall–Kier alpha value is -1.26. The zero-order valence-electron chi connectivity index (χ0n) is 11.9. The number of hydrogen-bond acceptors (Lipinski definition) is 3. The Morgan fingerprint density at radius 1 is 1.40 bits per heavy atom. The van der Waals surface area contributed by atoms with Crippen LogP contribution in [-0.4, -0.2) is 18.1 Å². The number of hydrogen-bond donors (Lipinski definition) is 2. The normalized spacial score (nSPS) is 16.3. The number of amides is 1. The molecule has 0 radical (unpaired) electrons. The largest absolute Gasteiger partial charge is 0.494 e. The molecule has 0 atom stereocenters. The minimum absolute atomic E-state index is 0. The monoisotopic (exact) mass is 298 g/mol. The third-order valence-electron chi connectivity index (χ3n) is 3.51. The molecule has 0 bridgehead atoms. The van der Waals surface area contributed by atoms with Gasteiger partial charge in [0.25, 0.3) is 0 Å². The van der Waals surface area contributed by atoms with Gasteiger partial charge in [-0.05, 0) is 31.4 Å². The lowest BCUT2D eigenvalue weighted by Crippen LogP contribution is -2.48. The average Bonchev–Trinajstić information content (AvgIpc) is 2.85. The summed E-state index contributed by atoms with van der Waals surface area (Å²) in [6.45, 7) is 2.74. The summed E-state index contributed by atoms with van der Waals surface area (Å²) >= 11 is 0. The van der Waals surface area contributed by atoms with Crippen molar-refractivity contribution in [3.63, 3.8) is 0 Å². The van der Waals surface area contributed by atoms with E-state index in [9.17, 15) is 4.79 Å². The summed E-state index contributed by atoms with van der Waals surface area (Å²) < 4.78 is 5.55. The lowest BCUT2D eigenvalue weighted by atomic mass is 9.98. The second kappa shape index (κ2) is 7.50. The predicted molar refractivity (Wildman–Crippen MR) is 83.5 cm³/mol. The Labute approximate surface area is 126 Å². The van der Waals surface area contributed by atoms with Crippen molar-refractivity contribution in [2.75, 3.05) is 11.9 Å². The molecule has 5 heteroatoms. The van der Waals surface area contributed by atoms with E-state index in [0.717, 1.165) is 43.5 Å². The molecule has 2 rings (SSSR count). The predicted octanol–water partition coefficient (Wildman–Crippen LogP) is 3.11. The number of nitrogens with two attached hydrogens (primary N) is 1. The van der Waals surface area contributed by atoms with Crippen molar-refractivity contribution in [1.82, 2.24) is 0 Å². The van der Waals surface area contributed by atoms with Crippen LogP contribution in [0.5, 0.6) is 5.75 Å². The Morgan fingerprint density at radius 2 is 2.10 bits per heavy atom. The Kier molecular flexibility index (Phi) is 6.30. The van der Waals surface area contributed by atoms with E-state index in [-0.39, 0.29) is 18.3 Å². The van der Waals surface area contributed by atoms with Crippen molar-refractivity contribution in [3.8, 4) is 5.75 Å². The highest BCUT2D eigenvalue weighted by Gasteiger charge is 2.36. The summed E-state index contributed by atoms with van der Waals surface area (Å²) in [6, 6.07) is 7.46. The van der Waals surface area contributed by atoms with E-state index in [2.05, 4.69) is 12.2 Å². The first kappa shape index (κ1) is 16.8. The third kappa shape index (κ3) is 4.12. The minimum atomic E-state index is -0.694. The van der Waals surface area contributed by atoms with Crippen LogP contribution in [0.25, 0.3) is 0 Å². The minimum Gasteiger partial charge on any atom is -0.494 e. The summed E-state index contributed by atoms with van der Waals surface area (Å²) in [5, 5.41) is 2.90. The van der Waals surface area contributed by atoms with Crippen molar-refractivity contribution in [1.29, 1.82) is 0 Å². The van der Waals surface area contributed by atoms with Crippen LogP contribution in [0.2, 0.25) is 0 Å². The standard InChI is InChI=1S/C15H22N2O2.ClH/c1-2-10-19-13-7-5-6-12(11-13)17-14(18)15(16)8-3-4-9-15;/h5-7,11H,2-4,8-10,16H2,1H3,(H,17,18);1H. The smallest absolute Gasteiger partial charge is 0.244 e. The molecule has 0 aromatic heterocycles. The maximum Gasteiger partial charge on any atom is 0.244 e. The van der Waals surface area contributed by atoms with Gasteiger partial charge in [-0.2, -0.15) is 0 Å². The maximum absolute atomic E-state index is 12.2. The van der Waals surface area contributed by atoms with Gasteiger partial charge < -0.3 is 15.8 Å². The summed E-state index contributed by atoms with van der Waals surface area (Å²) in [4.78, 5) is 12.2. The van der Waals surface area contributed by atoms with Gasteiger partial charge in [-0.3, -0.25) is 4.79 Å². The number of rotatable bonds is 5. The molecular weight excluding hydrogens is 276 g/mol. The van der Waals surface area contributed by atoms with E-state index in [1.807, 2.05) is 24.3 Å². The topological polar surface area (TPSA) is 64.3 Å². The van der Waals surface area contributed by atoms with Crippen LogP contribution in [0.1, 0.15) is 39.0 Å². The first-order valence-electron chi connectivity index (χ1n) is 6.97. The molecule has 3 N–H and O–H groups in total. The highest BCUT2D eigenvalue weighted by Crippen LogP contribution is 2.28. The van der Waals surface area contributed by atoms with Gasteiger partial charge in [0.15, 0.2) is 0 Å². The van der Waals surface area contributed by atoms with Crippen LogP contribution >= 0.6 is 12.4 Å². The second-order valence-electron chi connectivity index (χ2n) is 5.19. The summed E-state index contributed by atoms with van der Waals surface area (Å²) in [7, 11) is 0. The van der Waals surface area contributed by atoms with E-state index >= 15 is 0 Å². The Balaban J connectivity index is 0.00000200. The molecule has 1 aliphatic rings. The van der Waals surface area contributed by atoms with E-state index < -0.39 is 5.54 Å². The van der Waals surface area contributed by atoms with Gasteiger partial charge in [0.05, 0.1) is 12.1 Å². The van der Waals surface area contributed by atoms with E-state index in [0.29, 0.717) is 6.61 Å². The molecule has 1 aromatic rings. The first-order chi connectivity index (χ1) is 9.14. The second-order valence-corrected chi connectivity index (χ2v) is 5.19. The number of carbonyl (C=O) groups excluding carboxylic acids is 1. The molecule has 1 fully saturated rings. The summed E-state index contributed by atoms with van der Waals surface area (Å²) in [5.41, 5.74) is 6.18. The van der Waals surface area contributed by atoms with Crippen LogP contribution in [0.3, 0.4) is 0 Å². The molecular formula is C15H23ClN2O2.